The standard InChI is InChI=1S/C27H27FN6O.C26H26FN7O.C26H28N6O.C25H27N7O.4H2S/c1-16(19-7-8-21(28)25-20(27(35)29-2)10-11-30-26(19)25)13-32-24-12-23(33-15-34-24)18-6-9-22(31-14-18)17-4-3-5-17;1-15(18-6-7-20(27)23-19(26(35)28-2)8-9-29-24(18)23)11-30-22-10-21(33-14-34-22)17-12-31-25(32-13-17)16-4-3-5-16;1-16(2)22-9-8-18(14-29-22)23-12-24(32-15-31-23)30-13-17(3)19-6-5-7-20-21(26(33)27-4)10-11-28-25(19)20;1-15(2)24-29-12-17(13-30-24)21-10-22(32-14-31-21)28-11-16(3)18-6-5-7-19-20(25(33)26-4)8-9-27-23(18)19;;;;/h6-12,14-17H,3-5,13H2,1-2H3,(H,29,35)(H,32,33,34);6-10,12-16H,3-5,11H2,1-2H3,(H,28,35)(H,30,33,34);5-12,14-17H,13H2,1-4H3,(H,27,33)(H,30,31,32);5-10,12-16H,11H2,1-4H3,(H,26,33)(H,28,31,32);4*1H2/t16-;15-;17-;16-;;;;/m1111..../s1. The van der Waals surface area contributed by atoms with Gasteiger partial charge in [-0.05, 0) is 115 Å². The van der Waals surface area contributed by atoms with Crippen LogP contribution in [0.3, 0.4) is 0 Å². The summed E-state index contributed by atoms with van der Waals surface area (Å²) in [6.45, 7) is 19.0. The molecule has 0 radical (unpaired) electrons. The van der Waals surface area contributed by atoms with Gasteiger partial charge in [-0.25, -0.2) is 68.6 Å². The fourth-order valence-corrected chi connectivity index (χ4v) is 16.2. The van der Waals surface area contributed by atoms with E-state index >= 15 is 0 Å². The van der Waals surface area contributed by atoms with Crippen LogP contribution in [-0.2, 0) is 0 Å². The van der Waals surface area contributed by atoms with Gasteiger partial charge >= 0.3 is 0 Å². The second kappa shape index (κ2) is 49.8. The van der Waals surface area contributed by atoms with Crippen LogP contribution in [0.4, 0.5) is 32.1 Å². The Morgan fingerprint density at radius 2 is 0.664 bits per heavy atom. The maximum absolute atomic E-state index is 14.7. The molecule has 12 heterocycles. The zero-order valence-electron chi connectivity index (χ0n) is 79.9. The first-order valence-corrected chi connectivity index (χ1v) is 45.6. The van der Waals surface area contributed by atoms with Crippen LogP contribution in [0.15, 0.2) is 221 Å². The van der Waals surface area contributed by atoms with Crippen LogP contribution in [0, 0.1) is 11.6 Å². The van der Waals surface area contributed by atoms with Crippen molar-refractivity contribution in [1.29, 1.82) is 0 Å². The second-order valence-corrected chi connectivity index (χ2v) is 34.4. The van der Waals surface area contributed by atoms with Gasteiger partial charge in [0.15, 0.2) is 0 Å². The van der Waals surface area contributed by atoms with E-state index in [1.54, 1.807) is 69.5 Å². The fourth-order valence-electron chi connectivity index (χ4n) is 16.2. The lowest BCUT2D eigenvalue weighted by Gasteiger charge is -2.24. The number of hydrogen-bond acceptors (Lipinski definition) is 26. The summed E-state index contributed by atoms with van der Waals surface area (Å²) >= 11 is 0. The topological polar surface area (TPSA) is 397 Å². The number of benzene rings is 4. The molecule has 0 unspecified atom stereocenters. The lowest BCUT2D eigenvalue weighted by Crippen LogP contribution is -2.19. The number of para-hydroxylation sites is 2. The second-order valence-electron chi connectivity index (χ2n) is 34.4. The number of rotatable bonds is 28. The van der Waals surface area contributed by atoms with Crippen molar-refractivity contribution in [3.8, 4) is 45.0 Å². The normalized spacial score (nSPS) is 12.9. The molecule has 16 aromatic rings. The first kappa shape index (κ1) is 106. The van der Waals surface area contributed by atoms with Crippen LogP contribution in [0.2, 0.25) is 0 Å². The van der Waals surface area contributed by atoms with Gasteiger partial charge in [0.05, 0.1) is 67.1 Å². The van der Waals surface area contributed by atoms with Gasteiger partial charge in [0, 0.05) is 237 Å². The number of nitrogens with one attached hydrogen (secondary N) is 8. The molecular formula is C104H116F2N26O4S4. The van der Waals surface area contributed by atoms with E-state index < -0.39 is 11.6 Å². The molecular weight excluding hydrogens is 1840 g/mol. The summed E-state index contributed by atoms with van der Waals surface area (Å²) in [4.78, 5) is 129. The molecule has 4 aromatic carbocycles. The third-order valence-corrected chi connectivity index (χ3v) is 24.6. The first-order chi connectivity index (χ1) is 66.0. The van der Waals surface area contributed by atoms with Crippen molar-refractivity contribution in [2.45, 2.75) is 141 Å². The number of fused-ring (bicyclic) bond motifs is 4. The van der Waals surface area contributed by atoms with Crippen LogP contribution in [0.1, 0.15) is 228 Å². The molecule has 30 nitrogen and oxygen atoms in total. The molecule has 0 spiro atoms. The molecule has 2 fully saturated rings. The van der Waals surface area contributed by atoms with Crippen LogP contribution < -0.4 is 42.5 Å². The summed E-state index contributed by atoms with van der Waals surface area (Å²) < 4.78 is 29.4. The molecule has 0 bridgehead atoms. The van der Waals surface area contributed by atoms with Crippen LogP contribution in [0.25, 0.3) is 88.6 Å². The van der Waals surface area contributed by atoms with Gasteiger partial charge in [-0.2, -0.15) is 54.0 Å². The average molecular weight is 1960 g/mol. The number of anilines is 4. The molecule has 12 aromatic heterocycles. The highest BCUT2D eigenvalue weighted by atomic mass is 32.1. The lowest BCUT2D eigenvalue weighted by molar-refractivity contribution is 0.0956. The summed E-state index contributed by atoms with van der Waals surface area (Å²) in [5.74, 6) is 4.64. The molecule has 4 amide bonds. The van der Waals surface area contributed by atoms with Gasteiger partial charge in [-0.15, -0.1) is 0 Å². The van der Waals surface area contributed by atoms with E-state index in [-0.39, 0.29) is 129 Å². The lowest BCUT2D eigenvalue weighted by atomic mass is 9.82. The zero-order valence-corrected chi connectivity index (χ0v) is 83.9. The van der Waals surface area contributed by atoms with Gasteiger partial charge in [0.2, 0.25) is 0 Å². The first-order valence-electron chi connectivity index (χ1n) is 45.6. The molecule has 2 aliphatic rings. The summed E-state index contributed by atoms with van der Waals surface area (Å²) in [5, 5.41) is 26.2. The Kier molecular flexibility index (Phi) is 37.7. The molecule has 4 atom stereocenters. The Morgan fingerprint density at radius 1 is 0.329 bits per heavy atom. The summed E-state index contributed by atoms with van der Waals surface area (Å²) in [6, 6.07) is 40.5. The predicted octanol–water partition coefficient (Wildman–Crippen LogP) is 18.9. The maximum atomic E-state index is 14.7. The number of aromatic nitrogens is 18. The largest absolute Gasteiger partial charge is 0.369 e. The van der Waals surface area contributed by atoms with Crippen LogP contribution in [-0.4, -0.2) is 168 Å². The number of amides is 4. The zero-order chi connectivity index (χ0) is 95.5. The minimum atomic E-state index is -0.471. The minimum absolute atomic E-state index is 0. The smallest absolute Gasteiger partial charge is 0.251 e. The fraction of sp³-hybridized carbons (Fsp3) is 0.288. The van der Waals surface area contributed by atoms with E-state index in [4.69, 9.17) is 0 Å². The van der Waals surface area contributed by atoms with Crippen molar-refractivity contribution in [3.63, 3.8) is 0 Å². The van der Waals surface area contributed by atoms with Crippen LogP contribution in [0.5, 0.6) is 0 Å². The molecule has 0 saturated heterocycles. The molecule has 724 valence electrons. The minimum Gasteiger partial charge on any atom is -0.369 e. The summed E-state index contributed by atoms with van der Waals surface area (Å²) in [6.07, 6.45) is 30.8. The van der Waals surface area contributed by atoms with E-state index in [1.165, 1.54) is 95.4 Å². The van der Waals surface area contributed by atoms with Gasteiger partial charge in [0.25, 0.3) is 23.6 Å². The van der Waals surface area contributed by atoms with Crippen LogP contribution >= 0.6 is 54.0 Å². The Morgan fingerprint density at radius 3 is 1.00 bits per heavy atom. The molecule has 36 heteroatoms. The number of carbonyl (C=O) groups excluding carboxylic acids is 4. The van der Waals surface area contributed by atoms with Gasteiger partial charge in [-0.3, -0.25) is 49.1 Å². The Balaban J connectivity index is 0.000000177. The average Bonchev–Trinajstić information content (AvgIpc) is 0.784. The number of halogens is 2. The summed E-state index contributed by atoms with van der Waals surface area (Å²) in [7, 11) is 6.31. The van der Waals surface area contributed by atoms with Crippen molar-refractivity contribution < 1.29 is 28.0 Å². The molecule has 18 rings (SSSR count). The Hall–Kier alpha value is -14.4. The van der Waals surface area contributed by atoms with E-state index in [1.807, 2.05) is 105 Å². The quantitative estimate of drug-likeness (QED) is 0.0226. The Labute approximate surface area is 839 Å². The third-order valence-electron chi connectivity index (χ3n) is 24.6. The van der Waals surface area contributed by atoms with Gasteiger partial charge in [0.1, 0.15) is 71.9 Å². The van der Waals surface area contributed by atoms with E-state index in [2.05, 4.69) is 192 Å². The number of pyridine rings is 6. The van der Waals surface area contributed by atoms with Gasteiger partial charge in [-0.1, -0.05) is 117 Å². The third kappa shape index (κ3) is 25.2. The van der Waals surface area contributed by atoms with Crippen molar-refractivity contribution in [1.82, 2.24) is 111 Å². The van der Waals surface area contributed by atoms with E-state index in [0.29, 0.717) is 77.7 Å². The van der Waals surface area contributed by atoms with E-state index in [0.717, 1.165) is 137 Å². The molecule has 0 aliphatic heterocycles. The van der Waals surface area contributed by atoms with Gasteiger partial charge < -0.3 is 42.5 Å². The van der Waals surface area contributed by atoms with E-state index in [9.17, 15) is 28.0 Å². The molecule has 140 heavy (non-hydrogen) atoms. The van der Waals surface area contributed by atoms with Crippen molar-refractivity contribution in [3.05, 3.63) is 300 Å². The number of carbonyl (C=O) groups is 4. The highest BCUT2D eigenvalue weighted by Gasteiger charge is 2.27. The molecule has 2 aliphatic carbocycles. The molecule has 2 saturated carbocycles. The number of hydrogen-bond donors (Lipinski definition) is 8. The molecule has 8 N–H and O–H groups in total. The number of nitrogens with zero attached hydrogens (tertiary/aromatic N) is 18. The maximum Gasteiger partial charge on any atom is 0.251 e. The Bertz CT molecular complexity index is 6550. The monoisotopic (exact) mass is 1960 g/mol. The highest BCUT2D eigenvalue weighted by molar-refractivity contribution is 7.59. The van der Waals surface area contributed by atoms with Crippen molar-refractivity contribution in [2.75, 3.05) is 75.6 Å². The predicted molar refractivity (Wildman–Crippen MR) is 568 cm³/mol. The van der Waals surface area contributed by atoms with Crippen molar-refractivity contribution >= 4 is 144 Å². The highest BCUT2D eigenvalue weighted by Crippen LogP contribution is 2.39. The van der Waals surface area contributed by atoms with Crippen molar-refractivity contribution in [2.24, 2.45) is 0 Å². The summed E-state index contributed by atoms with van der Waals surface area (Å²) in [5.41, 5.74) is 17.2. The SMILES string of the molecule is CNC(=O)c1ccnc2c([C@H](C)CNc3cc(-c4ccc(C(C)C)nc4)ncn3)cccc12.CNC(=O)c1ccnc2c([C@H](C)CNc3cc(-c4ccc(C5CCC5)nc4)ncn3)ccc(F)c12.CNC(=O)c1ccnc2c([C@H](C)CNc3cc(-c4cnc(C(C)C)nc4)ncn3)cccc12.CNC(=O)c1ccnc2c([C@H](C)CNc3cc(-c4cnc(C5CCC5)nc4)ncn3)ccc(F)c12.S.S.S.S.